The van der Waals surface area contributed by atoms with E-state index >= 15 is 0 Å². The van der Waals surface area contributed by atoms with Gasteiger partial charge in [-0.3, -0.25) is 0 Å². The molecule has 3 nitrogen and oxygen atoms in total. The van der Waals surface area contributed by atoms with E-state index < -0.39 is 5.82 Å². The van der Waals surface area contributed by atoms with Crippen molar-refractivity contribution in [3.05, 3.63) is 45.7 Å². The van der Waals surface area contributed by atoms with Crippen molar-refractivity contribution < 1.29 is 9.13 Å². The van der Waals surface area contributed by atoms with Gasteiger partial charge in [0.15, 0.2) is 11.6 Å². The molecule has 0 bridgehead atoms. The first-order valence-corrected chi connectivity index (χ1v) is 7.01. The van der Waals surface area contributed by atoms with E-state index in [0.29, 0.717) is 9.88 Å². The molecule has 0 saturated carbocycles. The Morgan fingerprint density at radius 2 is 2.05 bits per heavy atom. The summed E-state index contributed by atoms with van der Waals surface area (Å²) in [6.07, 6.45) is 0. The van der Waals surface area contributed by atoms with Gasteiger partial charge in [-0.1, -0.05) is 32.9 Å². The third-order valence-corrected chi connectivity index (χ3v) is 3.60. The number of nitrogens with zero attached hydrogens (tertiary/aromatic N) is 2. The first-order chi connectivity index (χ1) is 9.41. The fraction of sp³-hybridized carbons (Fsp3) is 0.333. The molecular formula is C15H15FN2OS. The summed E-state index contributed by atoms with van der Waals surface area (Å²) in [5.74, 6) is -0.209. The van der Waals surface area contributed by atoms with Crippen LogP contribution in [0.4, 0.5) is 4.39 Å². The Bertz CT molecular complexity index is 653. The highest BCUT2D eigenvalue weighted by atomic mass is 32.1. The fourth-order valence-corrected chi connectivity index (χ4v) is 2.70. The van der Waals surface area contributed by atoms with E-state index in [1.54, 1.807) is 18.2 Å². The lowest BCUT2D eigenvalue weighted by Gasteiger charge is -2.15. The summed E-state index contributed by atoms with van der Waals surface area (Å²) in [7, 11) is 0. The largest absolute Gasteiger partial charge is 0.483 e. The Morgan fingerprint density at radius 1 is 1.35 bits per heavy atom. The number of para-hydroxylation sites is 1. The number of thiazole rings is 1. The van der Waals surface area contributed by atoms with Crippen molar-refractivity contribution in [3.8, 4) is 11.8 Å². The van der Waals surface area contributed by atoms with E-state index in [0.717, 1.165) is 5.69 Å². The number of hydrogen-bond acceptors (Lipinski definition) is 4. The van der Waals surface area contributed by atoms with Crippen LogP contribution < -0.4 is 4.74 Å². The van der Waals surface area contributed by atoms with Crippen molar-refractivity contribution in [1.29, 1.82) is 5.26 Å². The highest BCUT2D eigenvalue weighted by Gasteiger charge is 2.23. The standard InChI is InChI=1S/C15H15FN2OS/c1-15(2,3)14-12(8-17)20-13(18-14)9-19-11-7-5-4-6-10(11)16/h4-7H,9H2,1-3H3. The lowest BCUT2D eigenvalue weighted by Crippen LogP contribution is -2.13. The van der Waals surface area contributed by atoms with E-state index in [4.69, 9.17) is 10.00 Å². The van der Waals surface area contributed by atoms with E-state index in [2.05, 4.69) is 11.1 Å². The van der Waals surface area contributed by atoms with Crippen molar-refractivity contribution in [2.75, 3.05) is 0 Å². The van der Waals surface area contributed by atoms with Gasteiger partial charge in [-0.15, -0.1) is 11.3 Å². The molecule has 20 heavy (non-hydrogen) atoms. The van der Waals surface area contributed by atoms with Crippen LogP contribution in [0.1, 0.15) is 36.3 Å². The predicted molar refractivity (Wildman–Crippen MR) is 76.3 cm³/mol. The summed E-state index contributed by atoms with van der Waals surface area (Å²) in [4.78, 5) is 5.03. The molecule has 1 aromatic heterocycles. The summed E-state index contributed by atoms with van der Waals surface area (Å²) >= 11 is 1.29. The van der Waals surface area contributed by atoms with Crippen LogP contribution in [0.15, 0.2) is 24.3 Å². The molecule has 2 rings (SSSR count). The molecule has 5 heteroatoms. The molecule has 0 saturated heterocycles. The molecule has 0 aliphatic carbocycles. The average molecular weight is 290 g/mol. The predicted octanol–water partition coefficient (Wildman–Crippen LogP) is 4.03. The van der Waals surface area contributed by atoms with Gasteiger partial charge < -0.3 is 4.74 Å². The number of nitriles is 1. The maximum atomic E-state index is 13.4. The van der Waals surface area contributed by atoms with E-state index in [9.17, 15) is 4.39 Å². The van der Waals surface area contributed by atoms with Crippen molar-refractivity contribution >= 4 is 11.3 Å². The molecule has 0 spiro atoms. The van der Waals surface area contributed by atoms with Gasteiger partial charge in [0.05, 0.1) is 5.69 Å². The molecule has 0 atom stereocenters. The van der Waals surface area contributed by atoms with Crippen LogP contribution in [0.2, 0.25) is 0 Å². The monoisotopic (exact) mass is 290 g/mol. The Morgan fingerprint density at radius 3 is 2.60 bits per heavy atom. The molecule has 0 aliphatic rings. The quantitative estimate of drug-likeness (QED) is 0.857. The number of aromatic nitrogens is 1. The van der Waals surface area contributed by atoms with Gasteiger partial charge in [0, 0.05) is 5.41 Å². The summed E-state index contributed by atoms with van der Waals surface area (Å²) in [6, 6.07) is 8.39. The van der Waals surface area contributed by atoms with Gasteiger partial charge in [-0.2, -0.15) is 5.26 Å². The van der Waals surface area contributed by atoms with Gasteiger partial charge in [0.1, 0.15) is 22.6 Å². The van der Waals surface area contributed by atoms with Crippen molar-refractivity contribution in [2.45, 2.75) is 32.8 Å². The molecule has 0 unspecified atom stereocenters. The number of benzene rings is 1. The molecule has 1 aromatic carbocycles. The Hall–Kier alpha value is -1.93. The molecule has 0 amide bonds. The molecule has 2 aromatic rings. The van der Waals surface area contributed by atoms with Crippen molar-refractivity contribution in [1.82, 2.24) is 4.98 Å². The molecule has 0 fully saturated rings. The highest BCUT2D eigenvalue weighted by Crippen LogP contribution is 2.29. The van der Waals surface area contributed by atoms with E-state index in [1.807, 2.05) is 20.8 Å². The fourth-order valence-electron chi connectivity index (χ4n) is 1.71. The van der Waals surface area contributed by atoms with Crippen LogP contribution >= 0.6 is 11.3 Å². The lowest BCUT2D eigenvalue weighted by molar-refractivity contribution is 0.289. The first kappa shape index (κ1) is 14.5. The molecule has 104 valence electrons. The van der Waals surface area contributed by atoms with Crippen LogP contribution in [0.5, 0.6) is 5.75 Å². The van der Waals surface area contributed by atoms with Crippen molar-refractivity contribution in [2.24, 2.45) is 0 Å². The van der Waals surface area contributed by atoms with Gasteiger partial charge in [0.25, 0.3) is 0 Å². The minimum absolute atomic E-state index is 0.163. The van der Waals surface area contributed by atoms with Crippen molar-refractivity contribution in [3.63, 3.8) is 0 Å². The Labute approximate surface area is 121 Å². The third kappa shape index (κ3) is 3.14. The molecule has 1 heterocycles. The van der Waals surface area contributed by atoms with Gasteiger partial charge >= 0.3 is 0 Å². The normalized spacial score (nSPS) is 11.2. The highest BCUT2D eigenvalue weighted by molar-refractivity contribution is 7.12. The summed E-state index contributed by atoms with van der Waals surface area (Å²) < 4.78 is 18.8. The number of ether oxygens (including phenoxy) is 1. The van der Waals surface area contributed by atoms with Gasteiger partial charge in [0.2, 0.25) is 0 Å². The number of halogens is 1. The lowest BCUT2D eigenvalue weighted by atomic mass is 9.91. The zero-order valence-corrected chi connectivity index (χ0v) is 12.4. The Balaban J connectivity index is 2.18. The van der Waals surface area contributed by atoms with Crippen LogP contribution in [-0.2, 0) is 12.0 Å². The maximum Gasteiger partial charge on any atom is 0.165 e. The number of rotatable bonds is 3. The first-order valence-electron chi connectivity index (χ1n) is 6.19. The smallest absolute Gasteiger partial charge is 0.165 e. The Kier molecular flexibility index (Phi) is 4.05. The van der Waals surface area contributed by atoms with Crippen LogP contribution in [0.3, 0.4) is 0 Å². The van der Waals surface area contributed by atoms with Crippen LogP contribution in [0.25, 0.3) is 0 Å². The maximum absolute atomic E-state index is 13.4. The summed E-state index contributed by atoms with van der Waals surface area (Å²) in [5.41, 5.74) is 0.565. The van der Waals surface area contributed by atoms with Gasteiger partial charge in [-0.25, -0.2) is 9.37 Å². The average Bonchev–Trinajstić information content (AvgIpc) is 2.81. The molecule has 0 radical (unpaired) electrons. The zero-order valence-electron chi connectivity index (χ0n) is 11.6. The third-order valence-electron chi connectivity index (χ3n) is 2.67. The summed E-state index contributed by atoms with van der Waals surface area (Å²) in [6.45, 7) is 6.18. The topological polar surface area (TPSA) is 45.9 Å². The van der Waals surface area contributed by atoms with E-state index in [-0.39, 0.29) is 17.8 Å². The van der Waals surface area contributed by atoms with Crippen LogP contribution in [0, 0.1) is 17.1 Å². The number of hydrogen-bond donors (Lipinski definition) is 0. The second kappa shape index (κ2) is 5.59. The minimum Gasteiger partial charge on any atom is -0.483 e. The zero-order chi connectivity index (χ0) is 14.8. The second-order valence-electron chi connectivity index (χ2n) is 5.37. The van der Waals surface area contributed by atoms with E-state index in [1.165, 1.54) is 17.4 Å². The van der Waals surface area contributed by atoms with Crippen LogP contribution in [-0.4, -0.2) is 4.98 Å². The second-order valence-corrected chi connectivity index (χ2v) is 6.45. The SMILES string of the molecule is CC(C)(C)c1nc(COc2ccccc2F)sc1C#N. The minimum atomic E-state index is -0.402. The molecular weight excluding hydrogens is 275 g/mol. The molecule has 0 N–H and O–H groups in total. The van der Waals surface area contributed by atoms with Gasteiger partial charge in [-0.05, 0) is 12.1 Å². The molecule has 0 aliphatic heterocycles. The summed E-state index contributed by atoms with van der Waals surface area (Å²) in [5, 5.41) is 9.82.